The van der Waals surface area contributed by atoms with Gasteiger partial charge in [0.25, 0.3) is 5.91 Å². The molecule has 0 radical (unpaired) electrons. The Morgan fingerprint density at radius 2 is 1.69 bits per heavy atom. The van der Waals surface area contributed by atoms with E-state index in [1.54, 1.807) is 47.4 Å². The fourth-order valence-corrected chi connectivity index (χ4v) is 5.79. The number of hydrogen-bond donors (Lipinski definition) is 3. The Labute approximate surface area is 228 Å². The fraction of sp³-hybridized carbons (Fsp3) is 0.241. The Hall–Kier alpha value is -4.31. The summed E-state index contributed by atoms with van der Waals surface area (Å²) in [5.41, 5.74) is 10.8. The number of anilines is 4. The van der Waals surface area contributed by atoms with Crippen molar-refractivity contribution in [2.75, 3.05) is 46.6 Å². The summed E-state index contributed by atoms with van der Waals surface area (Å²) in [6.07, 6.45) is 4.04. The highest BCUT2D eigenvalue weighted by molar-refractivity contribution is 7.92. The average molecular weight is 546 g/mol. The Balaban J connectivity index is 1.46. The summed E-state index contributed by atoms with van der Waals surface area (Å²) in [6, 6.07) is 21.5. The quantitative estimate of drug-likeness (QED) is 0.305. The summed E-state index contributed by atoms with van der Waals surface area (Å²) < 4.78 is 26.4. The number of benzene rings is 3. The van der Waals surface area contributed by atoms with E-state index in [1.807, 2.05) is 30.3 Å². The summed E-state index contributed by atoms with van der Waals surface area (Å²) in [7, 11) is -3.70. The molecule has 0 saturated carbocycles. The van der Waals surface area contributed by atoms with E-state index < -0.39 is 10.0 Å². The summed E-state index contributed by atoms with van der Waals surface area (Å²) in [4.78, 5) is 27.7. The Morgan fingerprint density at radius 1 is 1.00 bits per heavy atom. The second kappa shape index (κ2) is 10.8. The minimum absolute atomic E-state index is 0.205. The minimum atomic E-state index is -3.70. The number of fused-ring (bicyclic) bond motifs is 1. The molecule has 2 amide bonds. The molecule has 1 fully saturated rings. The predicted octanol–water partition coefficient (Wildman–Crippen LogP) is 3.98. The maximum Gasteiger partial charge on any atom is 0.258 e. The van der Waals surface area contributed by atoms with Gasteiger partial charge in [0, 0.05) is 35.7 Å². The molecule has 9 nitrogen and oxygen atoms in total. The van der Waals surface area contributed by atoms with Crippen LogP contribution in [-0.4, -0.2) is 51.0 Å². The zero-order valence-electron chi connectivity index (χ0n) is 21.7. The van der Waals surface area contributed by atoms with E-state index in [9.17, 15) is 18.0 Å². The first-order valence-electron chi connectivity index (χ1n) is 12.8. The average Bonchev–Trinajstić information content (AvgIpc) is 3.25. The second-order valence-corrected chi connectivity index (χ2v) is 11.7. The van der Waals surface area contributed by atoms with Crippen LogP contribution in [0.1, 0.15) is 30.4 Å². The van der Waals surface area contributed by atoms with Crippen molar-refractivity contribution in [2.45, 2.75) is 19.3 Å². The van der Waals surface area contributed by atoms with Gasteiger partial charge in [-0.05, 0) is 67.3 Å². The van der Waals surface area contributed by atoms with Gasteiger partial charge in [-0.3, -0.25) is 13.9 Å². The normalized spacial score (nSPS) is 16.3. The van der Waals surface area contributed by atoms with Crippen molar-refractivity contribution in [3.05, 3.63) is 83.9 Å². The third kappa shape index (κ3) is 5.75. The van der Waals surface area contributed by atoms with Gasteiger partial charge in [0.05, 0.1) is 23.2 Å². The van der Waals surface area contributed by atoms with E-state index in [0.717, 1.165) is 35.4 Å². The van der Waals surface area contributed by atoms with Crippen LogP contribution in [0.4, 0.5) is 22.7 Å². The zero-order chi connectivity index (χ0) is 27.6. The third-order valence-corrected chi connectivity index (χ3v) is 8.05. The fourth-order valence-electron chi connectivity index (χ4n) is 4.94. The highest BCUT2D eigenvalue weighted by atomic mass is 32.2. The summed E-state index contributed by atoms with van der Waals surface area (Å²) >= 11 is 0. The van der Waals surface area contributed by atoms with E-state index >= 15 is 0 Å². The van der Waals surface area contributed by atoms with Gasteiger partial charge in [0.1, 0.15) is 6.54 Å². The molecule has 2 aliphatic rings. The van der Waals surface area contributed by atoms with Crippen LogP contribution in [0.15, 0.2) is 72.8 Å². The van der Waals surface area contributed by atoms with Crippen LogP contribution in [0.3, 0.4) is 0 Å². The van der Waals surface area contributed by atoms with Crippen LogP contribution >= 0.6 is 0 Å². The molecule has 2 heterocycles. The summed E-state index contributed by atoms with van der Waals surface area (Å²) in [5.74, 6) is -0.457. The number of nitrogens with two attached hydrogens (primary N) is 1. The Morgan fingerprint density at radius 3 is 2.36 bits per heavy atom. The zero-order valence-corrected chi connectivity index (χ0v) is 22.5. The molecule has 0 spiro atoms. The molecule has 3 aromatic carbocycles. The largest absolute Gasteiger partial charge is 0.399 e. The first-order chi connectivity index (χ1) is 18.7. The lowest BCUT2D eigenvalue weighted by atomic mass is 9.99. The maximum atomic E-state index is 13.1. The number of nitrogen functional groups attached to an aromatic ring is 1. The number of rotatable bonds is 7. The van der Waals surface area contributed by atoms with Crippen molar-refractivity contribution >= 4 is 55.9 Å². The topological polar surface area (TPSA) is 125 Å². The highest BCUT2D eigenvalue weighted by Crippen LogP contribution is 2.38. The van der Waals surface area contributed by atoms with Gasteiger partial charge >= 0.3 is 0 Å². The minimum Gasteiger partial charge on any atom is -0.399 e. The van der Waals surface area contributed by atoms with Gasteiger partial charge in [-0.2, -0.15) is 0 Å². The van der Waals surface area contributed by atoms with Crippen molar-refractivity contribution in [1.82, 2.24) is 4.90 Å². The van der Waals surface area contributed by atoms with Gasteiger partial charge in [-0.25, -0.2) is 8.42 Å². The van der Waals surface area contributed by atoms with Gasteiger partial charge in [-0.15, -0.1) is 0 Å². The summed E-state index contributed by atoms with van der Waals surface area (Å²) in [6.45, 7) is 1.06. The number of carbonyl (C=O) groups is 2. The number of likely N-dealkylation sites (tertiary alicyclic amines) is 1. The molecule has 10 heteroatoms. The van der Waals surface area contributed by atoms with Crippen LogP contribution < -0.4 is 20.7 Å². The molecule has 0 bridgehead atoms. The molecule has 4 N–H and O–H groups in total. The van der Waals surface area contributed by atoms with Crippen molar-refractivity contribution in [3.8, 4) is 0 Å². The molecule has 0 atom stereocenters. The summed E-state index contributed by atoms with van der Waals surface area (Å²) in [5, 5.41) is 6.26. The van der Waals surface area contributed by atoms with Crippen molar-refractivity contribution in [2.24, 2.45) is 0 Å². The number of amides is 2. The smallest absolute Gasteiger partial charge is 0.258 e. The molecule has 5 rings (SSSR count). The van der Waals surface area contributed by atoms with Gasteiger partial charge in [0.2, 0.25) is 15.9 Å². The van der Waals surface area contributed by atoms with Crippen LogP contribution in [0.25, 0.3) is 11.3 Å². The molecule has 39 heavy (non-hydrogen) atoms. The Kier molecular flexibility index (Phi) is 7.30. The van der Waals surface area contributed by atoms with Crippen molar-refractivity contribution in [3.63, 3.8) is 0 Å². The number of nitrogens with zero attached hydrogens (tertiary/aromatic N) is 2. The van der Waals surface area contributed by atoms with Crippen molar-refractivity contribution in [1.29, 1.82) is 0 Å². The molecule has 202 valence electrons. The van der Waals surface area contributed by atoms with Crippen LogP contribution in [0.5, 0.6) is 0 Å². The molecule has 0 aliphatic carbocycles. The van der Waals surface area contributed by atoms with Crippen LogP contribution in [0, 0.1) is 0 Å². The van der Waals surface area contributed by atoms with E-state index in [-0.39, 0.29) is 18.4 Å². The van der Waals surface area contributed by atoms with E-state index in [0.29, 0.717) is 52.7 Å². The molecular formula is C29H31N5O4S. The van der Waals surface area contributed by atoms with E-state index in [4.69, 9.17) is 5.73 Å². The first kappa shape index (κ1) is 26.3. The van der Waals surface area contributed by atoms with E-state index in [1.165, 1.54) is 0 Å². The number of piperidine rings is 1. The number of nitrogens with one attached hydrogen (secondary N) is 2. The molecule has 0 unspecified atom stereocenters. The SMILES string of the molecule is CS(=O)(=O)N(CC(=O)N1CCCCC1)c1ccc(NC(=C2C(=O)Nc3ccc(N)cc32)c2ccccc2)cc1. The standard InChI is InChI=1S/C29H31N5O4S/c1-39(37,38)34(19-26(35)33-16-6-3-7-17-33)23-13-11-22(12-14-23)31-28(20-8-4-2-5-9-20)27-24-18-21(30)10-15-25(24)32-29(27)36/h2,4-5,8-15,18,31H,3,6-7,16-17,19,30H2,1H3,(H,32,36). The van der Waals surface area contributed by atoms with Gasteiger partial charge in [0.15, 0.2) is 0 Å². The lowest BCUT2D eigenvalue weighted by Gasteiger charge is -2.30. The van der Waals surface area contributed by atoms with Gasteiger partial charge < -0.3 is 21.3 Å². The van der Waals surface area contributed by atoms with Crippen LogP contribution in [0.2, 0.25) is 0 Å². The first-order valence-corrected chi connectivity index (χ1v) is 14.7. The molecule has 2 aliphatic heterocycles. The second-order valence-electron chi connectivity index (χ2n) is 9.76. The van der Waals surface area contributed by atoms with Crippen LogP contribution in [-0.2, 0) is 19.6 Å². The molecule has 0 aromatic heterocycles. The molecule has 1 saturated heterocycles. The van der Waals surface area contributed by atoms with Gasteiger partial charge in [-0.1, -0.05) is 30.3 Å². The molecular weight excluding hydrogens is 514 g/mol. The third-order valence-electron chi connectivity index (χ3n) is 6.91. The highest BCUT2D eigenvalue weighted by Gasteiger charge is 2.29. The van der Waals surface area contributed by atoms with E-state index in [2.05, 4.69) is 10.6 Å². The lowest BCUT2D eigenvalue weighted by Crippen LogP contribution is -2.44. The monoisotopic (exact) mass is 545 g/mol. The number of carbonyl (C=O) groups excluding carboxylic acids is 2. The maximum absolute atomic E-state index is 13.1. The number of sulfonamides is 1. The van der Waals surface area contributed by atoms with Crippen molar-refractivity contribution < 1.29 is 18.0 Å². The molecule has 3 aromatic rings. The number of hydrogen-bond acceptors (Lipinski definition) is 6. The Bertz CT molecular complexity index is 1530. The lowest BCUT2D eigenvalue weighted by molar-refractivity contribution is -0.130. The predicted molar refractivity (Wildman–Crippen MR) is 155 cm³/mol.